The lowest BCUT2D eigenvalue weighted by atomic mass is 9.88. The third-order valence-corrected chi connectivity index (χ3v) is 8.60. The van der Waals surface area contributed by atoms with Crippen molar-refractivity contribution < 1.29 is 0 Å². The number of nitrogens with zero attached hydrogens (tertiary/aromatic N) is 5. The van der Waals surface area contributed by atoms with Gasteiger partial charge < -0.3 is 4.90 Å². The first-order valence-electron chi connectivity index (χ1n) is 13.1. The Morgan fingerprint density at radius 2 is 1.91 bits per heavy atom. The lowest BCUT2D eigenvalue weighted by molar-refractivity contribution is 0.258. The Hall–Kier alpha value is -2.38. The summed E-state index contributed by atoms with van der Waals surface area (Å²) < 4.78 is 1.89. The van der Waals surface area contributed by atoms with Gasteiger partial charge >= 0.3 is 0 Å². The summed E-state index contributed by atoms with van der Waals surface area (Å²) in [5.74, 6) is 2.67. The summed E-state index contributed by atoms with van der Waals surface area (Å²) in [5.41, 5.74) is 4.57. The summed E-state index contributed by atoms with van der Waals surface area (Å²) in [4.78, 5) is 27.8. The van der Waals surface area contributed by atoms with Gasteiger partial charge in [0.05, 0.1) is 11.2 Å². The highest BCUT2D eigenvalue weighted by molar-refractivity contribution is 7.99. The molecule has 0 radical (unpaired) electrons. The zero-order valence-electron chi connectivity index (χ0n) is 21.3. The number of pyridine rings is 1. The number of benzene rings is 1. The summed E-state index contributed by atoms with van der Waals surface area (Å²) in [6.07, 6.45) is 4.07. The van der Waals surface area contributed by atoms with Gasteiger partial charge in [-0.2, -0.15) is 0 Å². The minimum atomic E-state index is 0.195. The van der Waals surface area contributed by atoms with E-state index in [9.17, 15) is 4.79 Å². The van der Waals surface area contributed by atoms with Crippen LogP contribution in [-0.2, 0) is 19.4 Å². The molecule has 0 saturated carbocycles. The summed E-state index contributed by atoms with van der Waals surface area (Å²) in [6.45, 7) is 12.4. The van der Waals surface area contributed by atoms with Crippen LogP contribution in [0, 0.1) is 12.8 Å². The molecule has 0 amide bonds. The molecule has 1 fully saturated rings. The molecule has 186 valence electrons. The van der Waals surface area contributed by atoms with Gasteiger partial charge in [0.25, 0.3) is 5.56 Å². The zero-order valence-corrected chi connectivity index (χ0v) is 22.1. The Kier molecular flexibility index (Phi) is 7.44. The first-order chi connectivity index (χ1) is 17.0. The molecule has 0 N–H and O–H groups in total. The van der Waals surface area contributed by atoms with Crippen LogP contribution >= 0.6 is 11.8 Å². The SMILES string of the molecule is CCn1c(SCCCN2CCN(c3ccc4c(C)cccc4n3)CC2)nc2c(c1=O)CC(C)CC2. The maximum absolute atomic E-state index is 13.0. The smallest absolute Gasteiger partial charge is 0.257 e. The zero-order chi connectivity index (χ0) is 24.4. The topological polar surface area (TPSA) is 54.3 Å². The Labute approximate surface area is 212 Å². The van der Waals surface area contributed by atoms with Crippen LogP contribution in [0.25, 0.3) is 10.9 Å². The standard InChI is InChI=1S/C28H37N5OS/c1-4-33-27(34)23-19-20(2)9-11-25(23)30-28(33)35-18-6-13-31-14-16-32(17-15-31)26-12-10-22-21(3)7-5-8-24(22)29-26/h5,7-8,10,12,20H,4,6,9,11,13-19H2,1-3H3. The van der Waals surface area contributed by atoms with Gasteiger partial charge in [0.15, 0.2) is 5.16 Å². The minimum absolute atomic E-state index is 0.195. The van der Waals surface area contributed by atoms with Crippen LogP contribution in [0.4, 0.5) is 5.82 Å². The van der Waals surface area contributed by atoms with Crippen molar-refractivity contribution in [2.24, 2.45) is 5.92 Å². The number of piperazine rings is 1. The second-order valence-corrected chi connectivity index (χ2v) is 11.1. The van der Waals surface area contributed by atoms with E-state index in [2.05, 4.69) is 60.9 Å². The van der Waals surface area contributed by atoms with E-state index in [-0.39, 0.29) is 5.56 Å². The molecule has 3 aromatic rings. The maximum Gasteiger partial charge on any atom is 0.257 e. The Morgan fingerprint density at radius 1 is 1.09 bits per heavy atom. The van der Waals surface area contributed by atoms with Crippen LogP contribution in [0.2, 0.25) is 0 Å². The third kappa shape index (κ3) is 5.26. The molecule has 0 bridgehead atoms. The van der Waals surface area contributed by atoms with Crippen LogP contribution in [0.15, 0.2) is 40.3 Å². The van der Waals surface area contributed by atoms with E-state index in [1.807, 2.05) is 4.57 Å². The number of anilines is 1. The van der Waals surface area contributed by atoms with Gasteiger partial charge in [-0.25, -0.2) is 9.97 Å². The van der Waals surface area contributed by atoms with Crippen molar-refractivity contribution in [1.82, 2.24) is 19.4 Å². The number of aryl methyl sites for hydroxylation is 2. The largest absolute Gasteiger partial charge is 0.354 e. The van der Waals surface area contributed by atoms with Gasteiger partial charge in [-0.3, -0.25) is 14.3 Å². The van der Waals surface area contributed by atoms with Crippen molar-refractivity contribution in [1.29, 1.82) is 0 Å². The number of thioether (sulfide) groups is 1. The molecular weight excluding hydrogens is 454 g/mol. The monoisotopic (exact) mass is 491 g/mol. The Morgan fingerprint density at radius 3 is 2.71 bits per heavy atom. The second kappa shape index (κ2) is 10.7. The lowest BCUT2D eigenvalue weighted by Crippen LogP contribution is -2.47. The van der Waals surface area contributed by atoms with Gasteiger partial charge in [-0.05, 0) is 75.8 Å². The van der Waals surface area contributed by atoms with Crippen molar-refractivity contribution in [2.45, 2.75) is 58.2 Å². The molecule has 2 aromatic heterocycles. The van der Waals surface area contributed by atoms with Crippen LogP contribution in [-0.4, -0.2) is 57.9 Å². The number of hydrogen-bond acceptors (Lipinski definition) is 6. The summed E-state index contributed by atoms with van der Waals surface area (Å²) in [5, 5.41) is 2.15. The van der Waals surface area contributed by atoms with Crippen LogP contribution in [0.3, 0.4) is 0 Å². The predicted octanol–water partition coefficient (Wildman–Crippen LogP) is 4.55. The lowest BCUT2D eigenvalue weighted by Gasteiger charge is -2.35. The molecule has 1 aliphatic heterocycles. The fourth-order valence-electron chi connectivity index (χ4n) is 5.38. The molecule has 1 unspecified atom stereocenters. The maximum atomic E-state index is 13.0. The van der Waals surface area contributed by atoms with E-state index in [4.69, 9.17) is 9.97 Å². The molecule has 1 atom stereocenters. The van der Waals surface area contributed by atoms with E-state index in [0.717, 1.165) is 91.9 Å². The van der Waals surface area contributed by atoms with Crippen molar-refractivity contribution >= 4 is 28.5 Å². The van der Waals surface area contributed by atoms with Crippen LogP contribution < -0.4 is 10.5 Å². The molecule has 1 aliphatic carbocycles. The second-order valence-electron chi connectivity index (χ2n) is 10.1. The third-order valence-electron chi connectivity index (χ3n) is 7.54. The van der Waals surface area contributed by atoms with Crippen molar-refractivity contribution in [3.63, 3.8) is 0 Å². The first kappa shape index (κ1) is 24.3. The molecule has 2 aliphatic rings. The predicted molar refractivity (Wildman–Crippen MR) is 146 cm³/mol. The molecule has 5 rings (SSSR count). The average Bonchev–Trinajstić information content (AvgIpc) is 2.87. The van der Waals surface area contributed by atoms with Crippen LogP contribution in [0.5, 0.6) is 0 Å². The van der Waals surface area contributed by atoms with Gasteiger partial charge in [0.2, 0.25) is 0 Å². The first-order valence-corrected chi connectivity index (χ1v) is 14.1. The van der Waals surface area contributed by atoms with E-state index >= 15 is 0 Å². The molecule has 1 saturated heterocycles. The van der Waals surface area contributed by atoms with Gasteiger partial charge in [-0.15, -0.1) is 0 Å². The number of hydrogen-bond donors (Lipinski definition) is 0. The fourth-order valence-corrected chi connectivity index (χ4v) is 6.38. The molecule has 3 heterocycles. The highest BCUT2D eigenvalue weighted by Crippen LogP contribution is 2.25. The highest BCUT2D eigenvalue weighted by atomic mass is 32.2. The number of rotatable bonds is 7. The molecule has 0 spiro atoms. The molecule has 1 aromatic carbocycles. The minimum Gasteiger partial charge on any atom is -0.354 e. The quantitative estimate of drug-likeness (QED) is 0.275. The van der Waals surface area contributed by atoms with Gasteiger partial charge in [0, 0.05) is 49.4 Å². The Balaban J connectivity index is 1.12. The molecular formula is C28H37N5OS. The summed E-state index contributed by atoms with van der Waals surface area (Å²) in [6, 6.07) is 10.7. The molecule has 35 heavy (non-hydrogen) atoms. The summed E-state index contributed by atoms with van der Waals surface area (Å²) in [7, 11) is 0. The van der Waals surface area contributed by atoms with E-state index in [1.54, 1.807) is 11.8 Å². The van der Waals surface area contributed by atoms with Crippen molar-refractivity contribution in [3.05, 3.63) is 57.5 Å². The summed E-state index contributed by atoms with van der Waals surface area (Å²) >= 11 is 1.75. The molecule has 7 heteroatoms. The number of fused-ring (bicyclic) bond motifs is 2. The highest BCUT2D eigenvalue weighted by Gasteiger charge is 2.23. The van der Waals surface area contributed by atoms with Crippen LogP contribution in [0.1, 0.15) is 43.5 Å². The van der Waals surface area contributed by atoms with Crippen molar-refractivity contribution in [3.8, 4) is 0 Å². The number of aromatic nitrogens is 3. The van der Waals surface area contributed by atoms with E-state index < -0.39 is 0 Å². The normalized spacial score (nSPS) is 18.7. The van der Waals surface area contributed by atoms with Gasteiger partial charge in [0.1, 0.15) is 5.82 Å². The average molecular weight is 492 g/mol. The van der Waals surface area contributed by atoms with E-state index in [0.29, 0.717) is 12.5 Å². The van der Waals surface area contributed by atoms with Crippen molar-refractivity contribution in [2.75, 3.05) is 43.4 Å². The van der Waals surface area contributed by atoms with E-state index in [1.165, 1.54) is 10.9 Å². The Bertz CT molecular complexity index is 1250. The van der Waals surface area contributed by atoms with Gasteiger partial charge in [-0.1, -0.05) is 30.8 Å². The fraction of sp³-hybridized carbons (Fsp3) is 0.536. The molecule has 6 nitrogen and oxygen atoms in total.